The Balaban J connectivity index is 0.00000400. The Morgan fingerprint density at radius 1 is 1.33 bits per heavy atom. The molecule has 21 heavy (non-hydrogen) atoms. The van der Waals surface area contributed by atoms with Gasteiger partial charge in [-0.25, -0.2) is 12.7 Å². The molecule has 0 aromatic heterocycles. The van der Waals surface area contributed by atoms with Crippen molar-refractivity contribution in [3.8, 4) is 0 Å². The number of nitrogens with zero attached hydrogens (tertiary/aromatic N) is 1. The lowest BCUT2D eigenvalue weighted by Crippen LogP contribution is -2.34. The van der Waals surface area contributed by atoms with Crippen molar-refractivity contribution in [2.24, 2.45) is 11.7 Å². The third kappa shape index (κ3) is 5.42. The number of benzene rings is 1. The smallest absolute Gasteiger partial charge is 0.243 e. The number of aryl methyl sites for hydroxylation is 1. The van der Waals surface area contributed by atoms with Gasteiger partial charge in [0.15, 0.2) is 0 Å². The molecular weight excluding hydrogens is 331 g/mol. The molecule has 0 aliphatic carbocycles. The van der Waals surface area contributed by atoms with E-state index >= 15 is 0 Å². The van der Waals surface area contributed by atoms with Gasteiger partial charge in [-0.15, -0.1) is 12.4 Å². The lowest BCUT2D eigenvalue weighted by Gasteiger charge is -2.22. The van der Waals surface area contributed by atoms with Crippen molar-refractivity contribution in [3.63, 3.8) is 0 Å². The molecule has 1 aromatic carbocycles. The molecule has 1 atom stereocenters. The predicted octanol–water partition coefficient (Wildman–Crippen LogP) is 3.06. The van der Waals surface area contributed by atoms with Gasteiger partial charge in [-0.1, -0.05) is 31.5 Å². The van der Waals surface area contributed by atoms with Gasteiger partial charge in [0.2, 0.25) is 10.0 Å². The van der Waals surface area contributed by atoms with Gasteiger partial charge >= 0.3 is 0 Å². The summed E-state index contributed by atoms with van der Waals surface area (Å²) in [4.78, 5) is 0.255. The maximum atomic E-state index is 12.5. The Morgan fingerprint density at radius 3 is 2.43 bits per heavy atom. The van der Waals surface area contributed by atoms with Crippen molar-refractivity contribution in [3.05, 3.63) is 28.8 Å². The van der Waals surface area contributed by atoms with Crippen LogP contribution in [0.4, 0.5) is 0 Å². The van der Waals surface area contributed by atoms with Crippen LogP contribution < -0.4 is 5.73 Å². The molecule has 2 N–H and O–H groups in total. The van der Waals surface area contributed by atoms with E-state index in [0.29, 0.717) is 29.5 Å². The molecule has 0 bridgehead atoms. The van der Waals surface area contributed by atoms with Gasteiger partial charge in [-0.05, 0) is 37.0 Å². The molecule has 4 nitrogen and oxygen atoms in total. The van der Waals surface area contributed by atoms with Gasteiger partial charge in [-0.2, -0.15) is 0 Å². The fourth-order valence-electron chi connectivity index (χ4n) is 1.80. The maximum absolute atomic E-state index is 12.5. The van der Waals surface area contributed by atoms with E-state index in [1.54, 1.807) is 26.1 Å². The third-order valence-corrected chi connectivity index (χ3v) is 5.71. The zero-order valence-corrected chi connectivity index (χ0v) is 15.2. The second-order valence-electron chi connectivity index (χ2n) is 5.43. The monoisotopic (exact) mass is 354 g/mol. The molecule has 1 rings (SSSR count). The van der Waals surface area contributed by atoms with Crippen LogP contribution in [-0.2, 0) is 10.0 Å². The first-order valence-corrected chi connectivity index (χ1v) is 8.46. The summed E-state index contributed by atoms with van der Waals surface area (Å²) in [6.07, 6.45) is 0.632. The van der Waals surface area contributed by atoms with Crippen LogP contribution in [0.15, 0.2) is 23.1 Å². The first-order valence-electron chi connectivity index (χ1n) is 6.64. The Bertz CT molecular complexity index is 562. The van der Waals surface area contributed by atoms with Crippen LogP contribution in [0.25, 0.3) is 0 Å². The maximum Gasteiger partial charge on any atom is 0.243 e. The number of halogens is 2. The van der Waals surface area contributed by atoms with Gasteiger partial charge in [0.05, 0.1) is 4.90 Å². The van der Waals surface area contributed by atoms with Gasteiger partial charge in [0, 0.05) is 24.7 Å². The summed E-state index contributed by atoms with van der Waals surface area (Å²) < 4.78 is 26.4. The van der Waals surface area contributed by atoms with Gasteiger partial charge < -0.3 is 5.73 Å². The summed E-state index contributed by atoms with van der Waals surface area (Å²) in [7, 11) is -1.95. The highest BCUT2D eigenvalue weighted by Crippen LogP contribution is 2.23. The molecule has 0 spiro atoms. The standard InChI is InChI=1S/C14H23ClN2O2S.ClH/c1-10(2)13(16)7-8-17(4)20(18,19)14-9-12(15)6-5-11(14)3;/h5-6,9-10,13H,7-8,16H2,1-4H3;1H. The molecule has 0 aliphatic rings. The molecule has 0 saturated carbocycles. The van der Waals surface area contributed by atoms with E-state index < -0.39 is 10.0 Å². The van der Waals surface area contributed by atoms with Crippen molar-refractivity contribution >= 4 is 34.0 Å². The molecule has 0 heterocycles. The molecule has 122 valence electrons. The van der Waals surface area contributed by atoms with Crippen LogP contribution in [0, 0.1) is 12.8 Å². The zero-order valence-electron chi connectivity index (χ0n) is 12.8. The summed E-state index contributed by atoms with van der Waals surface area (Å²) in [5, 5.41) is 0.418. The van der Waals surface area contributed by atoms with Crippen molar-refractivity contribution in [2.45, 2.75) is 38.1 Å². The Morgan fingerprint density at radius 2 is 1.90 bits per heavy atom. The largest absolute Gasteiger partial charge is 0.327 e. The summed E-state index contributed by atoms with van der Waals surface area (Å²) in [5.41, 5.74) is 6.65. The van der Waals surface area contributed by atoms with Gasteiger partial charge in [0.25, 0.3) is 0 Å². The van der Waals surface area contributed by atoms with Crippen LogP contribution in [-0.4, -0.2) is 32.4 Å². The number of sulfonamides is 1. The van der Waals surface area contributed by atoms with Crippen molar-refractivity contribution in [1.29, 1.82) is 0 Å². The van der Waals surface area contributed by atoms with Gasteiger partial charge in [-0.3, -0.25) is 0 Å². The fraction of sp³-hybridized carbons (Fsp3) is 0.571. The molecule has 0 fully saturated rings. The lowest BCUT2D eigenvalue weighted by atomic mass is 10.0. The Labute approximate surface area is 139 Å². The minimum Gasteiger partial charge on any atom is -0.327 e. The minimum absolute atomic E-state index is 0. The van der Waals surface area contributed by atoms with Crippen molar-refractivity contribution in [1.82, 2.24) is 4.31 Å². The molecule has 0 radical (unpaired) electrons. The molecule has 0 amide bonds. The second kappa shape index (κ2) is 8.34. The van der Waals surface area contributed by atoms with Crippen LogP contribution in [0.5, 0.6) is 0 Å². The molecule has 0 aliphatic heterocycles. The molecule has 1 unspecified atom stereocenters. The SMILES string of the molecule is Cc1ccc(Cl)cc1S(=O)(=O)N(C)CCC(N)C(C)C.Cl. The number of rotatable bonds is 6. The van der Waals surface area contributed by atoms with E-state index in [1.165, 1.54) is 10.4 Å². The second-order valence-corrected chi connectivity index (χ2v) is 7.88. The Hall–Kier alpha value is -0.330. The van der Waals surface area contributed by atoms with Crippen molar-refractivity contribution in [2.75, 3.05) is 13.6 Å². The lowest BCUT2D eigenvalue weighted by molar-refractivity contribution is 0.397. The quantitative estimate of drug-likeness (QED) is 0.853. The highest BCUT2D eigenvalue weighted by atomic mass is 35.5. The van der Waals surface area contributed by atoms with E-state index in [4.69, 9.17) is 17.3 Å². The highest BCUT2D eigenvalue weighted by Gasteiger charge is 2.23. The average molecular weight is 355 g/mol. The topological polar surface area (TPSA) is 63.4 Å². The van der Waals surface area contributed by atoms with Crippen molar-refractivity contribution < 1.29 is 8.42 Å². The van der Waals surface area contributed by atoms with Crippen LogP contribution >= 0.6 is 24.0 Å². The molecule has 7 heteroatoms. The first-order chi connectivity index (χ1) is 9.16. The minimum atomic E-state index is -3.52. The summed E-state index contributed by atoms with van der Waals surface area (Å²) in [6, 6.07) is 4.88. The third-order valence-electron chi connectivity index (χ3n) is 3.47. The van der Waals surface area contributed by atoms with E-state index in [0.717, 1.165) is 0 Å². The number of hydrogen-bond donors (Lipinski definition) is 1. The highest BCUT2D eigenvalue weighted by molar-refractivity contribution is 7.89. The van der Waals surface area contributed by atoms with E-state index in [-0.39, 0.29) is 23.3 Å². The molecule has 0 saturated heterocycles. The number of hydrogen-bond acceptors (Lipinski definition) is 3. The molecule has 1 aromatic rings. The van der Waals surface area contributed by atoms with E-state index in [2.05, 4.69) is 0 Å². The predicted molar refractivity (Wildman–Crippen MR) is 90.7 cm³/mol. The van der Waals surface area contributed by atoms with Crippen LogP contribution in [0.2, 0.25) is 5.02 Å². The summed E-state index contributed by atoms with van der Waals surface area (Å²) in [6.45, 7) is 6.21. The van der Waals surface area contributed by atoms with Gasteiger partial charge in [0.1, 0.15) is 0 Å². The van der Waals surface area contributed by atoms with Crippen LogP contribution in [0.3, 0.4) is 0 Å². The normalized spacial score (nSPS) is 13.3. The summed E-state index contributed by atoms with van der Waals surface area (Å²) in [5.74, 6) is 0.332. The first kappa shape index (κ1) is 20.7. The Kier molecular flexibility index (Phi) is 8.21. The van der Waals surface area contributed by atoms with E-state index in [1.807, 2.05) is 13.8 Å². The fourth-order valence-corrected chi connectivity index (χ4v) is 3.47. The number of nitrogens with two attached hydrogens (primary N) is 1. The zero-order chi connectivity index (χ0) is 15.5. The van der Waals surface area contributed by atoms with E-state index in [9.17, 15) is 8.42 Å². The summed E-state index contributed by atoms with van der Waals surface area (Å²) >= 11 is 5.89. The van der Waals surface area contributed by atoms with Crippen LogP contribution in [0.1, 0.15) is 25.8 Å². The molecular formula is C14H24Cl2N2O2S. The average Bonchev–Trinajstić information content (AvgIpc) is 2.37.